The number of alkyl halides is 2. The minimum Gasteiger partial charge on any atom is -0.0846 e. The van der Waals surface area contributed by atoms with Crippen LogP contribution < -0.4 is 0 Å². The highest BCUT2D eigenvalue weighted by Gasteiger charge is 1.96. The monoisotopic (exact) mass is 268 g/mol. The molecule has 0 aromatic heterocycles. The Morgan fingerprint density at radius 1 is 1.00 bits per heavy atom. The zero-order valence-corrected chi connectivity index (χ0v) is 9.65. The zero-order valence-electron chi connectivity index (χ0n) is 6.48. The summed E-state index contributed by atoms with van der Waals surface area (Å²) in [6, 6.07) is 0. The molecule has 10 heavy (non-hydrogen) atoms. The minimum atomic E-state index is 0.541. The standard InChI is InChI=1S/C8H14Br2/c1-3-7(9)5-6-8(10)4-2/h5-8H,3-4H2,1-2H3. The van der Waals surface area contributed by atoms with Gasteiger partial charge >= 0.3 is 0 Å². The van der Waals surface area contributed by atoms with Gasteiger partial charge in [-0.3, -0.25) is 0 Å². The smallest absolute Gasteiger partial charge is 0.0323 e. The SMILES string of the molecule is CCC(Br)C=CC(Br)CC. The van der Waals surface area contributed by atoms with E-state index in [1.54, 1.807) is 0 Å². The first-order valence-corrected chi connectivity index (χ1v) is 5.50. The molecule has 0 aliphatic carbocycles. The van der Waals surface area contributed by atoms with E-state index in [9.17, 15) is 0 Å². The van der Waals surface area contributed by atoms with Crippen molar-refractivity contribution in [2.75, 3.05) is 0 Å². The van der Waals surface area contributed by atoms with Crippen LogP contribution in [0.3, 0.4) is 0 Å². The van der Waals surface area contributed by atoms with Crippen molar-refractivity contribution in [3.63, 3.8) is 0 Å². The molecular weight excluding hydrogens is 256 g/mol. The summed E-state index contributed by atoms with van der Waals surface area (Å²) in [4.78, 5) is 1.08. The Balaban J connectivity index is 3.52. The molecule has 0 amide bonds. The first-order chi connectivity index (χ1) is 4.70. The Bertz CT molecular complexity index is 87.4. The van der Waals surface area contributed by atoms with Gasteiger partial charge in [0.2, 0.25) is 0 Å². The zero-order chi connectivity index (χ0) is 7.98. The molecule has 0 aromatic carbocycles. The van der Waals surface area contributed by atoms with Crippen LogP contribution in [-0.4, -0.2) is 9.65 Å². The summed E-state index contributed by atoms with van der Waals surface area (Å²) in [5.74, 6) is 0. The topological polar surface area (TPSA) is 0 Å². The lowest BCUT2D eigenvalue weighted by atomic mass is 10.2. The molecule has 0 saturated carbocycles. The lowest BCUT2D eigenvalue weighted by Crippen LogP contribution is -1.92. The summed E-state index contributed by atoms with van der Waals surface area (Å²) < 4.78 is 0. The molecule has 2 heteroatoms. The van der Waals surface area contributed by atoms with Crippen LogP contribution in [0.4, 0.5) is 0 Å². The summed E-state index contributed by atoms with van der Waals surface area (Å²) in [5, 5.41) is 0. The van der Waals surface area contributed by atoms with Gasteiger partial charge in [0, 0.05) is 9.65 Å². The van der Waals surface area contributed by atoms with Crippen molar-refractivity contribution in [2.45, 2.75) is 36.3 Å². The van der Waals surface area contributed by atoms with Gasteiger partial charge in [-0.1, -0.05) is 57.9 Å². The summed E-state index contributed by atoms with van der Waals surface area (Å²) >= 11 is 7.05. The second kappa shape index (κ2) is 6.41. The van der Waals surface area contributed by atoms with Crippen molar-refractivity contribution in [3.05, 3.63) is 12.2 Å². The van der Waals surface area contributed by atoms with E-state index in [-0.39, 0.29) is 0 Å². The summed E-state index contributed by atoms with van der Waals surface area (Å²) in [6.07, 6.45) is 6.70. The molecule has 0 spiro atoms. The van der Waals surface area contributed by atoms with Crippen LogP contribution in [0.2, 0.25) is 0 Å². The highest BCUT2D eigenvalue weighted by Crippen LogP contribution is 2.10. The molecule has 0 fully saturated rings. The van der Waals surface area contributed by atoms with E-state index in [1.807, 2.05) is 0 Å². The minimum absolute atomic E-state index is 0.541. The maximum absolute atomic E-state index is 3.53. The third kappa shape index (κ3) is 5.48. The van der Waals surface area contributed by atoms with Crippen molar-refractivity contribution in [2.24, 2.45) is 0 Å². The van der Waals surface area contributed by atoms with Gasteiger partial charge < -0.3 is 0 Å². The molecule has 60 valence electrons. The lowest BCUT2D eigenvalue weighted by Gasteiger charge is -2.00. The fraction of sp³-hybridized carbons (Fsp3) is 0.750. The molecule has 0 aromatic rings. The average Bonchev–Trinajstić information content (AvgIpc) is 1.99. The lowest BCUT2D eigenvalue weighted by molar-refractivity contribution is 0.956. The normalized spacial score (nSPS) is 17.6. The third-order valence-electron chi connectivity index (χ3n) is 1.31. The van der Waals surface area contributed by atoms with Gasteiger partial charge in [-0.25, -0.2) is 0 Å². The largest absolute Gasteiger partial charge is 0.0846 e. The molecule has 0 radical (unpaired) electrons. The van der Waals surface area contributed by atoms with Gasteiger partial charge in [0.15, 0.2) is 0 Å². The highest BCUT2D eigenvalue weighted by atomic mass is 79.9. The van der Waals surface area contributed by atoms with Crippen molar-refractivity contribution in [1.29, 1.82) is 0 Å². The molecule has 0 heterocycles. The van der Waals surface area contributed by atoms with Gasteiger partial charge in [0.05, 0.1) is 0 Å². The van der Waals surface area contributed by atoms with Gasteiger partial charge in [-0.2, -0.15) is 0 Å². The Morgan fingerprint density at radius 2 is 1.30 bits per heavy atom. The number of rotatable bonds is 4. The van der Waals surface area contributed by atoms with Crippen LogP contribution in [0.25, 0.3) is 0 Å². The summed E-state index contributed by atoms with van der Waals surface area (Å²) in [7, 11) is 0. The van der Waals surface area contributed by atoms with Gasteiger partial charge in [0.1, 0.15) is 0 Å². The molecule has 0 saturated heterocycles. The first kappa shape index (κ1) is 10.7. The first-order valence-electron chi connectivity index (χ1n) is 3.67. The molecule has 0 N–H and O–H groups in total. The molecule has 0 nitrogen and oxygen atoms in total. The second-order valence-electron chi connectivity index (χ2n) is 2.23. The Labute approximate surface area is 80.3 Å². The maximum atomic E-state index is 3.53. The van der Waals surface area contributed by atoms with E-state index in [0.29, 0.717) is 9.65 Å². The van der Waals surface area contributed by atoms with Crippen LogP contribution in [-0.2, 0) is 0 Å². The van der Waals surface area contributed by atoms with E-state index >= 15 is 0 Å². The van der Waals surface area contributed by atoms with E-state index in [0.717, 1.165) is 12.8 Å². The molecule has 0 aliphatic rings. The van der Waals surface area contributed by atoms with Crippen molar-refractivity contribution in [1.82, 2.24) is 0 Å². The maximum Gasteiger partial charge on any atom is 0.0323 e. The summed E-state index contributed by atoms with van der Waals surface area (Å²) in [6.45, 7) is 4.33. The van der Waals surface area contributed by atoms with E-state index in [2.05, 4.69) is 57.9 Å². The van der Waals surface area contributed by atoms with E-state index in [1.165, 1.54) is 0 Å². The quantitative estimate of drug-likeness (QED) is 0.537. The molecule has 0 aliphatic heterocycles. The average molecular weight is 270 g/mol. The summed E-state index contributed by atoms with van der Waals surface area (Å²) in [5.41, 5.74) is 0. The van der Waals surface area contributed by atoms with Crippen LogP contribution in [0.15, 0.2) is 12.2 Å². The fourth-order valence-electron chi connectivity index (χ4n) is 0.513. The molecular formula is C8H14Br2. The van der Waals surface area contributed by atoms with Gasteiger partial charge in [0.25, 0.3) is 0 Å². The highest BCUT2D eigenvalue weighted by molar-refractivity contribution is 9.10. The van der Waals surface area contributed by atoms with Crippen LogP contribution in [0.1, 0.15) is 26.7 Å². The second-order valence-corrected chi connectivity index (χ2v) is 4.59. The number of hydrogen-bond acceptors (Lipinski definition) is 0. The number of hydrogen-bond donors (Lipinski definition) is 0. The third-order valence-corrected chi connectivity index (χ3v) is 3.21. The van der Waals surface area contributed by atoms with Crippen molar-refractivity contribution in [3.8, 4) is 0 Å². The van der Waals surface area contributed by atoms with Gasteiger partial charge in [-0.05, 0) is 12.8 Å². The Hall–Kier alpha value is 0.700. The fourth-order valence-corrected chi connectivity index (χ4v) is 0.866. The predicted octanol–water partition coefficient (Wildman–Crippen LogP) is 3.89. The molecule has 2 atom stereocenters. The molecule has 0 bridgehead atoms. The van der Waals surface area contributed by atoms with Gasteiger partial charge in [-0.15, -0.1) is 0 Å². The molecule has 0 rings (SSSR count). The van der Waals surface area contributed by atoms with Crippen molar-refractivity contribution >= 4 is 31.9 Å². The number of allylic oxidation sites excluding steroid dienone is 2. The van der Waals surface area contributed by atoms with Crippen LogP contribution in [0, 0.1) is 0 Å². The van der Waals surface area contributed by atoms with Crippen LogP contribution in [0.5, 0.6) is 0 Å². The predicted molar refractivity (Wildman–Crippen MR) is 55.2 cm³/mol. The van der Waals surface area contributed by atoms with Crippen molar-refractivity contribution < 1.29 is 0 Å². The van der Waals surface area contributed by atoms with E-state index < -0.39 is 0 Å². The number of halogens is 2. The Kier molecular flexibility index (Phi) is 6.86. The van der Waals surface area contributed by atoms with Crippen LogP contribution >= 0.6 is 31.9 Å². The Morgan fingerprint density at radius 3 is 1.50 bits per heavy atom. The van der Waals surface area contributed by atoms with E-state index in [4.69, 9.17) is 0 Å². The molecule has 2 unspecified atom stereocenters.